The average molecular weight is 173 g/mol. The summed E-state index contributed by atoms with van der Waals surface area (Å²) >= 11 is 0. The smallest absolute Gasteiger partial charge is 0.0991 e. The number of benzene rings is 1. The van der Waals surface area contributed by atoms with Crippen LogP contribution < -0.4 is 0 Å². The molecule has 0 atom stereocenters. The van der Waals surface area contributed by atoms with E-state index < -0.39 is 0 Å². The Kier molecular flexibility index (Phi) is 2.72. The van der Waals surface area contributed by atoms with Crippen LogP contribution in [0.1, 0.15) is 38.3 Å². The van der Waals surface area contributed by atoms with E-state index in [1.807, 2.05) is 24.3 Å². The Morgan fingerprint density at radius 1 is 1.23 bits per heavy atom. The summed E-state index contributed by atoms with van der Waals surface area (Å²) in [6.45, 7) is 6.61. The van der Waals surface area contributed by atoms with E-state index in [-0.39, 0.29) is 5.41 Å². The first-order valence-corrected chi connectivity index (χ1v) is 4.61. The van der Waals surface area contributed by atoms with Crippen molar-refractivity contribution < 1.29 is 0 Å². The molecule has 1 nitrogen and oxygen atoms in total. The lowest BCUT2D eigenvalue weighted by molar-refractivity contribution is 0.506. The molecule has 0 aliphatic rings. The van der Waals surface area contributed by atoms with Crippen LogP contribution in [0.25, 0.3) is 0 Å². The van der Waals surface area contributed by atoms with Gasteiger partial charge in [0.15, 0.2) is 0 Å². The largest absolute Gasteiger partial charge is 0.192 e. The van der Waals surface area contributed by atoms with Crippen LogP contribution in [0.15, 0.2) is 24.3 Å². The van der Waals surface area contributed by atoms with Crippen molar-refractivity contribution >= 4 is 0 Å². The maximum Gasteiger partial charge on any atom is 0.0991 e. The second-order valence-corrected chi connectivity index (χ2v) is 3.93. The Balaban J connectivity index is 3.00. The maximum absolute atomic E-state index is 8.64. The molecular formula is C12H15N. The third kappa shape index (κ3) is 2.09. The molecule has 0 aromatic heterocycles. The number of rotatable bonds is 2. The van der Waals surface area contributed by atoms with Gasteiger partial charge in [0.2, 0.25) is 0 Å². The summed E-state index contributed by atoms with van der Waals surface area (Å²) in [5, 5.41) is 8.64. The number of nitriles is 1. The van der Waals surface area contributed by atoms with E-state index in [1.54, 1.807) is 0 Å². The van der Waals surface area contributed by atoms with Gasteiger partial charge in [-0.15, -0.1) is 0 Å². The molecule has 1 aromatic rings. The first-order valence-electron chi connectivity index (χ1n) is 4.61. The topological polar surface area (TPSA) is 23.8 Å². The minimum absolute atomic E-state index is 0.216. The fraction of sp³-hybridized carbons (Fsp3) is 0.417. The predicted molar refractivity (Wildman–Crippen MR) is 54.5 cm³/mol. The molecule has 0 amide bonds. The quantitative estimate of drug-likeness (QED) is 0.673. The van der Waals surface area contributed by atoms with Crippen LogP contribution in [-0.2, 0) is 5.41 Å². The van der Waals surface area contributed by atoms with Crippen LogP contribution in [0, 0.1) is 11.3 Å². The summed E-state index contributed by atoms with van der Waals surface area (Å²) in [6.07, 6.45) is 1.11. The van der Waals surface area contributed by atoms with Crippen LogP contribution in [0.2, 0.25) is 0 Å². The zero-order valence-electron chi connectivity index (χ0n) is 8.46. The van der Waals surface area contributed by atoms with Crippen molar-refractivity contribution in [3.8, 4) is 6.07 Å². The lowest BCUT2D eigenvalue weighted by Gasteiger charge is -2.23. The predicted octanol–water partition coefficient (Wildman–Crippen LogP) is 3.25. The second kappa shape index (κ2) is 3.62. The molecule has 0 saturated heterocycles. The van der Waals surface area contributed by atoms with Gasteiger partial charge in [0.25, 0.3) is 0 Å². The van der Waals surface area contributed by atoms with Crippen LogP contribution >= 0.6 is 0 Å². The average Bonchev–Trinajstić information content (AvgIpc) is 2.18. The molecule has 0 saturated carbocycles. The monoisotopic (exact) mass is 173 g/mol. The summed E-state index contributed by atoms with van der Waals surface area (Å²) in [4.78, 5) is 0. The molecule has 0 fully saturated rings. The summed E-state index contributed by atoms with van der Waals surface area (Å²) in [5.41, 5.74) is 2.25. The van der Waals surface area contributed by atoms with Crippen LogP contribution in [0.3, 0.4) is 0 Å². The highest BCUT2D eigenvalue weighted by Crippen LogP contribution is 2.26. The first kappa shape index (κ1) is 9.80. The van der Waals surface area contributed by atoms with Gasteiger partial charge in [0.05, 0.1) is 11.6 Å². The maximum atomic E-state index is 8.64. The van der Waals surface area contributed by atoms with Crippen LogP contribution in [-0.4, -0.2) is 0 Å². The van der Waals surface area contributed by atoms with Crippen molar-refractivity contribution in [1.82, 2.24) is 0 Å². The van der Waals surface area contributed by atoms with E-state index in [4.69, 9.17) is 5.26 Å². The van der Waals surface area contributed by atoms with Crippen molar-refractivity contribution in [3.63, 3.8) is 0 Å². The molecule has 0 aliphatic heterocycles. The Hall–Kier alpha value is -1.29. The number of hydrogen-bond acceptors (Lipinski definition) is 1. The number of nitrogens with zero attached hydrogens (tertiary/aromatic N) is 1. The SMILES string of the molecule is CCC(C)(C)c1ccc(C#N)cc1. The van der Waals surface area contributed by atoms with Gasteiger partial charge in [-0.05, 0) is 29.5 Å². The highest BCUT2D eigenvalue weighted by atomic mass is 14.2. The van der Waals surface area contributed by atoms with Crippen molar-refractivity contribution in [3.05, 3.63) is 35.4 Å². The van der Waals surface area contributed by atoms with Gasteiger partial charge in [0, 0.05) is 0 Å². The minimum atomic E-state index is 0.216. The molecule has 0 unspecified atom stereocenters. The Bertz CT molecular complexity index is 314. The van der Waals surface area contributed by atoms with Gasteiger partial charge in [0.1, 0.15) is 0 Å². The third-order valence-electron chi connectivity index (χ3n) is 2.68. The van der Waals surface area contributed by atoms with Crippen molar-refractivity contribution in [1.29, 1.82) is 5.26 Å². The Morgan fingerprint density at radius 3 is 2.15 bits per heavy atom. The lowest BCUT2D eigenvalue weighted by atomic mass is 9.82. The molecule has 0 N–H and O–H groups in total. The van der Waals surface area contributed by atoms with Gasteiger partial charge in [-0.25, -0.2) is 0 Å². The molecule has 68 valence electrons. The summed E-state index contributed by atoms with van der Waals surface area (Å²) in [7, 11) is 0. The van der Waals surface area contributed by atoms with Crippen molar-refractivity contribution in [2.75, 3.05) is 0 Å². The van der Waals surface area contributed by atoms with Gasteiger partial charge in [-0.3, -0.25) is 0 Å². The zero-order valence-corrected chi connectivity index (χ0v) is 8.46. The van der Waals surface area contributed by atoms with Crippen molar-refractivity contribution in [2.24, 2.45) is 0 Å². The lowest BCUT2D eigenvalue weighted by Crippen LogP contribution is -2.14. The third-order valence-corrected chi connectivity index (χ3v) is 2.68. The van der Waals surface area contributed by atoms with Crippen molar-refractivity contribution in [2.45, 2.75) is 32.6 Å². The standard InChI is InChI=1S/C12H15N/c1-4-12(2,3)11-7-5-10(9-13)6-8-11/h5-8H,4H2,1-3H3. The molecule has 13 heavy (non-hydrogen) atoms. The fourth-order valence-corrected chi connectivity index (χ4v) is 1.20. The van der Waals surface area contributed by atoms with Crippen LogP contribution in [0.4, 0.5) is 0 Å². The molecule has 1 rings (SSSR count). The van der Waals surface area contributed by atoms with Gasteiger partial charge in [-0.1, -0.05) is 32.9 Å². The Morgan fingerprint density at radius 2 is 1.77 bits per heavy atom. The normalized spacial score (nSPS) is 10.9. The van der Waals surface area contributed by atoms with E-state index in [0.717, 1.165) is 12.0 Å². The van der Waals surface area contributed by atoms with E-state index >= 15 is 0 Å². The first-order chi connectivity index (χ1) is 6.10. The molecule has 0 radical (unpaired) electrons. The molecular weight excluding hydrogens is 158 g/mol. The fourth-order valence-electron chi connectivity index (χ4n) is 1.20. The van der Waals surface area contributed by atoms with E-state index in [9.17, 15) is 0 Å². The second-order valence-electron chi connectivity index (χ2n) is 3.93. The van der Waals surface area contributed by atoms with Gasteiger partial charge < -0.3 is 0 Å². The summed E-state index contributed by atoms with van der Waals surface area (Å²) < 4.78 is 0. The van der Waals surface area contributed by atoms with Gasteiger partial charge >= 0.3 is 0 Å². The van der Waals surface area contributed by atoms with Gasteiger partial charge in [-0.2, -0.15) is 5.26 Å². The molecule has 0 aliphatic carbocycles. The Labute approximate surface area is 80.0 Å². The zero-order chi connectivity index (χ0) is 9.90. The molecule has 0 spiro atoms. The molecule has 0 bridgehead atoms. The highest BCUT2D eigenvalue weighted by Gasteiger charge is 2.17. The van der Waals surface area contributed by atoms with E-state index in [2.05, 4.69) is 26.8 Å². The minimum Gasteiger partial charge on any atom is -0.192 e. The number of hydrogen-bond donors (Lipinski definition) is 0. The molecule has 1 heteroatoms. The molecule has 1 aromatic carbocycles. The van der Waals surface area contributed by atoms with E-state index in [1.165, 1.54) is 5.56 Å². The van der Waals surface area contributed by atoms with Crippen LogP contribution in [0.5, 0.6) is 0 Å². The van der Waals surface area contributed by atoms with E-state index in [0.29, 0.717) is 0 Å². The summed E-state index contributed by atoms with van der Waals surface area (Å²) in [5.74, 6) is 0. The highest BCUT2D eigenvalue weighted by molar-refractivity contribution is 5.34. The molecule has 0 heterocycles. The summed E-state index contributed by atoms with van der Waals surface area (Å²) in [6, 6.07) is 9.97.